The number of ether oxygens (including phenoxy) is 1. The Morgan fingerprint density at radius 2 is 2.09 bits per heavy atom. The van der Waals surface area contributed by atoms with Crippen LogP contribution in [0.5, 0.6) is 0 Å². The molecule has 0 atom stereocenters. The van der Waals surface area contributed by atoms with E-state index in [0.717, 1.165) is 45.7 Å². The van der Waals surface area contributed by atoms with Gasteiger partial charge in [-0.1, -0.05) is 18.2 Å². The summed E-state index contributed by atoms with van der Waals surface area (Å²) in [4.78, 5) is 22.0. The molecule has 34 heavy (non-hydrogen) atoms. The Hall–Kier alpha value is -4.21. The molecule has 1 aromatic carbocycles. The predicted octanol–water partition coefficient (Wildman–Crippen LogP) is 4.51. The van der Waals surface area contributed by atoms with Crippen LogP contribution in [0.25, 0.3) is 28.0 Å². The first kappa shape index (κ1) is 21.6. The number of carbonyl (C=O) groups excluding carboxylic acids is 1. The van der Waals surface area contributed by atoms with Gasteiger partial charge in [-0.15, -0.1) is 5.10 Å². The average molecular weight is 459 g/mol. The second-order valence-corrected chi connectivity index (χ2v) is 9.17. The van der Waals surface area contributed by atoms with E-state index >= 15 is 0 Å². The first-order chi connectivity index (χ1) is 16.4. The molecule has 4 heterocycles. The predicted molar refractivity (Wildman–Crippen MR) is 129 cm³/mol. The van der Waals surface area contributed by atoms with E-state index in [1.54, 1.807) is 11.1 Å². The Balaban J connectivity index is 1.36. The van der Waals surface area contributed by atoms with Crippen LogP contribution in [0, 0.1) is 0 Å². The normalized spacial score (nSPS) is 14.2. The summed E-state index contributed by atoms with van der Waals surface area (Å²) in [6.07, 6.45) is 4.30. The second-order valence-electron chi connectivity index (χ2n) is 9.17. The van der Waals surface area contributed by atoms with Crippen molar-refractivity contribution in [2.24, 2.45) is 0 Å². The van der Waals surface area contributed by atoms with Crippen LogP contribution in [0.1, 0.15) is 32.9 Å². The van der Waals surface area contributed by atoms with Crippen molar-refractivity contribution in [3.05, 3.63) is 54.4 Å². The standard InChI is InChI=1S/C24H26N8O2/c1-24(2,3)34-23(33)32-11-8-15(9-12-32)20-14-18-19(7-10-25-22(18)27-20)26-17-6-4-5-16(13-17)21-28-30-31-29-21/h4-8,10,13-14H,9,11-12H2,1-3H3,(H2,25,26,27)(H,28,29,30,31). The van der Waals surface area contributed by atoms with Gasteiger partial charge in [0.25, 0.3) is 0 Å². The first-order valence-electron chi connectivity index (χ1n) is 11.1. The van der Waals surface area contributed by atoms with Crippen molar-refractivity contribution in [1.29, 1.82) is 0 Å². The highest BCUT2D eigenvalue weighted by Crippen LogP contribution is 2.31. The molecule has 1 amide bonds. The van der Waals surface area contributed by atoms with Gasteiger partial charge < -0.3 is 19.9 Å². The molecule has 0 bridgehead atoms. The molecule has 1 aliphatic rings. The van der Waals surface area contributed by atoms with Gasteiger partial charge in [-0.25, -0.2) is 14.9 Å². The molecule has 0 radical (unpaired) electrons. The number of carbonyl (C=O) groups is 1. The number of hydrogen-bond donors (Lipinski definition) is 3. The summed E-state index contributed by atoms with van der Waals surface area (Å²) in [7, 11) is 0. The largest absolute Gasteiger partial charge is 0.444 e. The monoisotopic (exact) mass is 458 g/mol. The molecular weight excluding hydrogens is 432 g/mol. The van der Waals surface area contributed by atoms with Crippen molar-refractivity contribution in [2.45, 2.75) is 32.8 Å². The zero-order valence-electron chi connectivity index (χ0n) is 19.3. The highest BCUT2D eigenvalue weighted by Gasteiger charge is 2.24. The highest BCUT2D eigenvalue weighted by atomic mass is 16.6. The Morgan fingerprint density at radius 1 is 1.21 bits per heavy atom. The smallest absolute Gasteiger partial charge is 0.410 e. The van der Waals surface area contributed by atoms with Gasteiger partial charge in [0.2, 0.25) is 0 Å². The summed E-state index contributed by atoms with van der Waals surface area (Å²) in [6, 6.07) is 11.9. The maximum Gasteiger partial charge on any atom is 0.410 e. The van der Waals surface area contributed by atoms with Crippen LogP contribution >= 0.6 is 0 Å². The summed E-state index contributed by atoms with van der Waals surface area (Å²) in [5.41, 5.74) is 5.19. The Kier molecular flexibility index (Phi) is 5.48. The SMILES string of the molecule is CC(C)(C)OC(=O)N1CC=C(c2cc3c(Nc4cccc(-c5nnn[nH]5)c4)ccnc3[nH]2)CC1. The Labute approximate surface area is 196 Å². The van der Waals surface area contributed by atoms with Crippen LogP contribution in [-0.2, 0) is 4.74 Å². The molecule has 0 saturated carbocycles. The van der Waals surface area contributed by atoms with Crippen LogP contribution in [-0.4, -0.2) is 60.3 Å². The molecule has 0 unspecified atom stereocenters. The molecule has 5 rings (SSSR count). The molecule has 4 aromatic rings. The molecule has 174 valence electrons. The number of pyridine rings is 1. The molecule has 3 aromatic heterocycles. The van der Waals surface area contributed by atoms with Gasteiger partial charge in [0.05, 0.1) is 5.69 Å². The number of benzene rings is 1. The molecule has 10 nitrogen and oxygen atoms in total. The van der Waals surface area contributed by atoms with Crippen LogP contribution in [0.15, 0.2) is 48.7 Å². The lowest BCUT2D eigenvalue weighted by atomic mass is 10.0. The molecular formula is C24H26N8O2. The zero-order valence-corrected chi connectivity index (χ0v) is 19.3. The number of aromatic amines is 2. The van der Waals surface area contributed by atoms with Gasteiger partial charge >= 0.3 is 6.09 Å². The van der Waals surface area contributed by atoms with E-state index in [-0.39, 0.29) is 6.09 Å². The topological polar surface area (TPSA) is 125 Å². The zero-order chi connectivity index (χ0) is 23.7. The fourth-order valence-corrected chi connectivity index (χ4v) is 3.90. The van der Waals surface area contributed by atoms with Gasteiger partial charge in [0.15, 0.2) is 5.82 Å². The van der Waals surface area contributed by atoms with Crippen molar-refractivity contribution in [2.75, 3.05) is 18.4 Å². The molecule has 10 heteroatoms. The van der Waals surface area contributed by atoms with E-state index < -0.39 is 5.60 Å². The van der Waals surface area contributed by atoms with Crippen LogP contribution < -0.4 is 5.32 Å². The third kappa shape index (κ3) is 4.61. The van der Waals surface area contributed by atoms with E-state index in [2.05, 4.69) is 48.1 Å². The third-order valence-corrected chi connectivity index (χ3v) is 5.50. The quantitative estimate of drug-likeness (QED) is 0.411. The van der Waals surface area contributed by atoms with Crippen molar-refractivity contribution < 1.29 is 9.53 Å². The van der Waals surface area contributed by atoms with Gasteiger partial charge in [0, 0.05) is 41.6 Å². The van der Waals surface area contributed by atoms with Crippen molar-refractivity contribution in [3.8, 4) is 11.4 Å². The molecule has 0 fully saturated rings. The number of fused-ring (bicyclic) bond motifs is 1. The minimum absolute atomic E-state index is 0.282. The van der Waals surface area contributed by atoms with E-state index in [0.29, 0.717) is 18.9 Å². The van der Waals surface area contributed by atoms with Crippen molar-refractivity contribution in [1.82, 2.24) is 35.5 Å². The minimum atomic E-state index is -0.501. The maximum absolute atomic E-state index is 12.4. The van der Waals surface area contributed by atoms with Gasteiger partial charge in [-0.05, 0) is 67.5 Å². The van der Waals surface area contributed by atoms with Gasteiger partial charge in [-0.2, -0.15) is 0 Å². The van der Waals surface area contributed by atoms with E-state index in [9.17, 15) is 4.79 Å². The lowest BCUT2D eigenvalue weighted by molar-refractivity contribution is 0.0270. The number of amides is 1. The third-order valence-electron chi connectivity index (χ3n) is 5.50. The fraction of sp³-hybridized carbons (Fsp3) is 0.292. The van der Waals surface area contributed by atoms with E-state index in [1.165, 1.54) is 0 Å². The fourth-order valence-electron chi connectivity index (χ4n) is 3.90. The van der Waals surface area contributed by atoms with Crippen LogP contribution in [0.3, 0.4) is 0 Å². The summed E-state index contributed by atoms with van der Waals surface area (Å²) < 4.78 is 5.49. The number of nitrogens with zero attached hydrogens (tertiary/aromatic N) is 5. The number of anilines is 2. The lowest BCUT2D eigenvalue weighted by Gasteiger charge is -2.29. The van der Waals surface area contributed by atoms with Crippen LogP contribution in [0.2, 0.25) is 0 Å². The number of aromatic nitrogens is 6. The van der Waals surface area contributed by atoms with E-state index in [4.69, 9.17) is 4.74 Å². The second kappa shape index (κ2) is 8.62. The molecule has 3 N–H and O–H groups in total. The lowest BCUT2D eigenvalue weighted by Crippen LogP contribution is -2.39. The Bertz CT molecular complexity index is 1350. The maximum atomic E-state index is 12.4. The minimum Gasteiger partial charge on any atom is -0.444 e. The number of H-pyrrole nitrogens is 2. The molecule has 0 aliphatic carbocycles. The Morgan fingerprint density at radius 3 is 2.82 bits per heavy atom. The molecule has 0 saturated heterocycles. The summed E-state index contributed by atoms with van der Waals surface area (Å²) >= 11 is 0. The highest BCUT2D eigenvalue weighted by molar-refractivity contribution is 5.94. The number of rotatable bonds is 4. The van der Waals surface area contributed by atoms with Crippen molar-refractivity contribution >= 4 is 34.1 Å². The number of hydrogen-bond acceptors (Lipinski definition) is 7. The van der Waals surface area contributed by atoms with Gasteiger partial charge in [-0.3, -0.25) is 0 Å². The number of tetrazole rings is 1. The van der Waals surface area contributed by atoms with Crippen molar-refractivity contribution in [3.63, 3.8) is 0 Å². The summed E-state index contributed by atoms with van der Waals surface area (Å²) in [6.45, 7) is 6.75. The van der Waals surface area contributed by atoms with E-state index in [1.807, 2.05) is 51.1 Å². The summed E-state index contributed by atoms with van der Waals surface area (Å²) in [5, 5.41) is 18.5. The van der Waals surface area contributed by atoms with Crippen LogP contribution in [0.4, 0.5) is 16.2 Å². The number of nitrogens with one attached hydrogen (secondary N) is 3. The van der Waals surface area contributed by atoms with Gasteiger partial charge in [0.1, 0.15) is 11.2 Å². The average Bonchev–Trinajstić information content (AvgIpc) is 3.49. The molecule has 0 spiro atoms. The summed E-state index contributed by atoms with van der Waals surface area (Å²) in [5.74, 6) is 0.608. The molecule has 1 aliphatic heterocycles. The first-order valence-corrected chi connectivity index (χ1v) is 11.1.